The van der Waals surface area contributed by atoms with Crippen LogP contribution in [0.15, 0.2) is 66.7 Å². The summed E-state index contributed by atoms with van der Waals surface area (Å²) < 4.78 is 22.3. The summed E-state index contributed by atoms with van der Waals surface area (Å²) in [6.07, 6.45) is -0.743. The van der Waals surface area contributed by atoms with Crippen molar-refractivity contribution in [2.45, 2.75) is 17.1 Å². The molecule has 0 unspecified atom stereocenters. The molecule has 3 aromatic rings. The number of Topliss-reactive ketones (excluding diaryl/α,β-unsaturated/α-hetero) is 1. The zero-order chi connectivity index (χ0) is 21.8. The van der Waals surface area contributed by atoms with Crippen LogP contribution in [0.3, 0.4) is 0 Å². The van der Waals surface area contributed by atoms with E-state index >= 15 is 0 Å². The maximum atomic E-state index is 13.6. The minimum atomic E-state index is -0.743. The molecule has 0 saturated carbocycles. The third-order valence-corrected chi connectivity index (χ3v) is 6.55. The standard InChI is InChI=1S/C25H24O5S/c1-27-18-10-11-19-21(14-18)30-24(17-9-12-20(28-2)22(13-17)29-3)23(26)25(19)31-15-16-7-5-4-6-8-16/h4-14,24-25H,15H2,1-3H3/t24-,25-/m0/s1. The summed E-state index contributed by atoms with van der Waals surface area (Å²) >= 11 is 1.60. The Balaban J connectivity index is 1.70. The fraction of sp³-hybridized carbons (Fsp3) is 0.240. The van der Waals surface area contributed by atoms with Crippen LogP contribution < -0.4 is 18.9 Å². The van der Waals surface area contributed by atoms with E-state index in [1.165, 1.54) is 5.56 Å². The van der Waals surface area contributed by atoms with Gasteiger partial charge in [0.1, 0.15) is 11.5 Å². The van der Waals surface area contributed by atoms with Crippen molar-refractivity contribution < 1.29 is 23.7 Å². The highest BCUT2D eigenvalue weighted by Gasteiger charge is 2.38. The molecule has 3 aromatic carbocycles. The Morgan fingerprint density at radius 2 is 1.65 bits per heavy atom. The maximum absolute atomic E-state index is 13.6. The summed E-state index contributed by atoms with van der Waals surface area (Å²) in [5.41, 5.74) is 2.76. The van der Waals surface area contributed by atoms with Gasteiger partial charge in [0, 0.05) is 22.9 Å². The molecule has 1 aliphatic rings. The van der Waals surface area contributed by atoms with Crippen LogP contribution >= 0.6 is 11.8 Å². The van der Waals surface area contributed by atoms with Crippen molar-refractivity contribution >= 4 is 17.5 Å². The van der Waals surface area contributed by atoms with Gasteiger partial charge < -0.3 is 18.9 Å². The van der Waals surface area contributed by atoms with Crippen molar-refractivity contribution in [3.63, 3.8) is 0 Å². The summed E-state index contributed by atoms with van der Waals surface area (Å²) in [5, 5.41) is -0.354. The summed E-state index contributed by atoms with van der Waals surface area (Å²) in [7, 11) is 4.77. The highest BCUT2D eigenvalue weighted by atomic mass is 32.2. The summed E-state index contributed by atoms with van der Waals surface area (Å²) in [6, 6.07) is 21.2. The van der Waals surface area contributed by atoms with Crippen molar-refractivity contribution in [1.82, 2.24) is 0 Å². The molecule has 1 aliphatic heterocycles. The van der Waals surface area contributed by atoms with Crippen molar-refractivity contribution in [3.8, 4) is 23.0 Å². The normalized spacial score (nSPS) is 17.5. The van der Waals surface area contributed by atoms with Crippen LogP contribution in [-0.2, 0) is 10.5 Å². The third kappa shape index (κ3) is 4.35. The molecule has 0 spiro atoms. The predicted octanol–water partition coefficient (Wildman–Crippen LogP) is 5.39. The van der Waals surface area contributed by atoms with Gasteiger partial charge >= 0.3 is 0 Å². The smallest absolute Gasteiger partial charge is 0.195 e. The lowest BCUT2D eigenvalue weighted by atomic mass is 9.95. The summed E-state index contributed by atoms with van der Waals surface area (Å²) in [6.45, 7) is 0. The fourth-order valence-electron chi connectivity index (χ4n) is 3.61. The molecule has 0 aliphatic carbocycles. The first kappa shape index (κ1) is 21.1. The fourth-order valence-corrected chi connectivity index (χ4v) is 4.82. The first-order chi connectivity index (χ1) is 15.1. The van der Waals surface area contributed by atoms with Gasteiger partial charge in [0.2, 0.25) is 0 Å². The van der Waals surface area contributed by atoms with E-state index in [-0.39, 0.29) is 11.0 Å². The lowest BCUT2D eigenvalue weighted by molar-refractivity contribution is -0.126. The second-order valence-corrected chi connectivity index (χ2v) is 8.19. The monoisotopic (exact) mass is 436 g/mol. The lowest BCUT2D eigenvalue weighted by Crippen LogP contribution is -2.29. The first-order valence-electron chi connectivity index (χ1n) is 9.90. The van der Waals surface area contributed by atoms with E-state index in [1.54, 1.807) is 45.2 Å². The van der Waals surface area contributed by atoms with Crippen molar-refractivity contribution in [1.29, 1.82) is 0 Å². The Kier molecular flexibility index (Phi) is 6.37. The van der Waals surface area contributed by atoms with Gasteiger partial charge in [0.25, 0.3) is 0 Å². The number of hydrogen-bond acceptors (Lipinski definition) is 6. The van der Waals surface area contributed by atoms with Gasteiger partial charge in [-0.3, -0.25) is 4.79 Å². The van der Waals surface area contributed by atoms with Crippen LogP contribution in [0, 0.1) is 0 Å². The zero-order valence-electron chi connectivity index (χ0n) is 17.7. The minimum absolute atomic E-state index is 0.00539. The van der Waals surface area contributed by atoms with Gasteiger partial charge in [0.15, 0.2) is 23.4 Å². The Morgan fingerprint density at radius 3 is 2.35 bits per heavy atom. The van der Waals surface area contributed by atoms with E-state index < -0.39 is 6.10 Å². The second kappa shape index (κ2) is 9.35. The molecule has 160 valence electrons. The van der Waals surface area contributed by atoms with Crippen molar-refractivity contribution in [2.24, 2.45) is 0 Å². The molecule has 0 N–H and O–H groups in total. The summed E-state index contributed by atoms with van der Waals surface area (Å²) in [5.74, 6) is 3.23. The first-order valence-corrected chi connectivity index (χ1v) is 10.9. The number of methoxy groups -OCH3 is 3. The number of fused-ring (bicyclic) bond motifs is 1. The van der Waals surface area contributed by atoms with E-state index in [0.717, 1.165) is 16.9 Å². The van der Waals surface area contributed by atoms with Crippen LogP contribution in [-0.4, -0.2) is 27.1 Å². The number of ether oxygens (including phenoxy) is 4. The quantitative estimate of drug-likeness (QED) is 0.495. The Bertz CT molecular complexity index is 1070. The molecule has 5 nitrogen and oxygen atoms in total. The lowest BCUT2D eigenvalue weighted by Gasteiger charge is -2.31. The van der Waals surface area contributed by atoms with Crippen LogP contribution in [0.5, 0.6) is 23.0 Å². The maximum Gasteiger partial charge on any atom is 0.195 e. The number of rotatable bonds is 7. The second-order valence-electron chi connectivity index (χ2n) is 7.10. The van der Waals surface area contributed by atoms with Gasteiger partial charge in [-0.2, -0.15) is 0 Å². The molecule has 0 fully saturated rings. The van der Waals surface area contributed by atoms with Crippen LogP contribution in [0.1, 0.15) is 28.0 Å². The predicted molar refractivity (Wildman–Crippen MR) is 121 cm³/mol. The van der Waals surface area contributed by atoms with Gasteiger partial charge in [-0.25, -0.2) is 0 Å². The third-order valence-electron chi connectivity index (χ3n) is 5.23. The molecule has 0 bridgehead atoms. The molecule has 0 amide bonds. The van der Waals surface area contributed by atoms with Crippen LogP contribution in [0.4, 0.5) is 0 Å². The number of carbonyl (C=O) groups is 1. The van der Waals surface area contributed by atoms with E-state index in [4.69, 9.17) is 18.9 Å². The van der Waals surface area contributed by atoms with Gasteiger partial charge in [-0.05, 0) is 23.8 Å². The molecule has 0 saturated heterocycles. The Morgan fingerprint density at radius 1 is 0.871 bits per heavy atom. The van der Waals surface area contributed by atoms with Gasteiger partial charge in [-0.1, -0.05) is 42.5 Å². The average molecular weight is 437 g/mol. The van der Waals surface area contributed by atoms with Crippen molar-refractivity contribution in [3.05, 3.63) is 83.4 Å². The van der Waals surface area contributed by atoms with Crippen molar-refractivity contribution in [2.75, 3.05) is 21.3 Å². The zero-order valence-corrected chi connectivity index (χ0v) is 18.5. The molecular weight excluding hydrogens is 412 g/mol. The van der Waals surface area contributed by atoms with E-state index in [1.807, 2.05) is 42.5 Å². The van der Waals surface area contributed by atoms with Gasteiger partial charge in [-0.15, -0.1) is 11.8 Å². The number of carbonyl (C=O) groups excluding carboxylic acids is 1. The van der Waals surface area contributed by atoms with E-state index in [9.17, 15) is 4.79 Å². The van der Waals surface area contributed by atoms with E-state index in [0.29, 0.717) is 23.0 Å². The molecule has 0 aromatic heterocycles. The molecule has 1 heterocycles. The molecule has 0 radical (unpaired) electrons. The highest BCUT2D eigenvalue weighted by molar-refractivity contribution is 7.99. The number of thioether (sulfide) groups is 1. The number of ketones is 1. The summed E-state index contributed by atoms with van der Waals surface area (Å²) in [4.78, 5) is 13.6. The van der Waals surface area contributed by atoms with Crippen LogP contribution in [0.25, 0.3) is 0 Å². The van der Waals surface area contributed by atoms with Gasteiger partial charge in [0.05, 0.1) is 26.6 Å². The molecule has 6 heteroatoms. The highest BCUT2D eigenvalue weighted by Crippen LogP contribution is 2.47. The molecule has 4 rings (SSSR count). The number of benzene rings is 3. The molecule has 2 atom stereocenters. The largest absolute Gasteiger partial charge is 0.497 e. The van der Waals surface area contributed by atoms with E-state index in [2.05, 4.69) is 12.1 Å². The average Bonchev–Trinajstić information content (AvgIpc) is 2.83. The Hall–Kier alpha value is -3.12. The SMILES string of the molecule is COc1ccc2c(c1)O[C@@H](c1ccc(OC)c(OC)c1)C(=O)[C@H]2SCc1ccccc1. The minimum Gasteiger partial charge on any atom is -0.497 e. The number of hydrogen-bond donors (Lipinski definition) is 0. The molecular formula is C25H24O5S. The Labute approximate surface area is 186 Å². The molecule has 31 heavy (non-hydrogen) atoms. The topological polar surface area (TPSA) is 54.0 Å². The van der Waals surface area contributed by atoms with Crippen LogP contribution in [0.2, 0.25) is 0 Å².